The third-order valence-corrected chi connectivity index (χ3v) is 6.26. The van der Waals surface area contributed by atoms with E-state index >= 15 is 0 Å². The number of aromatic nitrogens is 1. The Morgan fingerprint density at radius 3 is 2.71 bits per heavy atom. The fraction of sp³-hybridized carbons (Fsp3) is 0.261. The van der Waals surface area contributed by atoms with Gasteiger partial charge in [-0.2, -0.15) is 0 Å². The zero-order valence-electron chi connectivity index (χ0n) is 17.3. The van der Waals surface area contributed by atoms with Crippen LogP contribution in [0.4, 0.5) is 10.5 Å². The molecule has 0 bridgehead atoms. The van der Waals surface area contributed by atoms with Gasteiger partial charge in [-0.3, -0.25) is 4.79 Å². The molecule has 2 aromatic carbocycles. The van der Waals surface area contributed by atoms with E-state index in [1.165, 1.54) is 11.3 Å². The zero-order valence-corrected chi connectivity index (χ0v) is 18.1. The quantitative estimate of drug-likeness (QED) is 0.639. The van der Waals surface area contributed by atoms with Crippen LogP contribution in [0.2, 0.25) is 0 Å². The number of hydrogen-bond acceptors (Lipinski definition) is 5. The minimum Gasteiger partial charge on any atom is -0.497 e. The molecule has 1 aliphatic heterocycles. The second-order valence-corrected chi connectivity index (χ2v) is 8.29. The van der Waals surface area contributed by atoms with Crippen molar-refractivity contribution in [1.82, 2.24) is 15.2 Å². The van der Waals surface area contributed by atoms with Gasteiger partial charge in [0.2, 0.25) is 0 Å². The smallest absolute Gasteiger partial charge is 0.317 e. The molecular weight excluding hydrogens is 412 g/mol. The Morgan fingerprint density at radius 2 is 1.90 bits per heavy atom. The predicted octanol–water partition coefficient (Wildman–Crippen LogP) is 3.71. The Hall–Kier alpha value is -3.39. The fourth-order valence-corrected chi connectivity index (χ4v) is 4.43. The van der Waals surface area contributed by atoms with E-state index < -0.39 is 0 Å². The molecule has 3 amide bonds. The number of thiazole rings is 1. The van der Waals surface area contributed by atoms with Crippen LogP contribution < -0.4 is 15.4 Å². The number of rotatable bonds is 5. The number of methoxy groups -OCH3 is 1. The van der Waals surface area contributed by atoms with Gasteiger partial charge in [-0.05, 0) is 17.7 Å². The summed E-state index contributed by atoms with van der Waals surface area (Å²) in [6, 6.07) is 17.0. The second kappa shape index (κ2) is 9.61. The van der Waals surface area contributed by atoms with Crippen molar-refractivity contribution in [1.29, 1.82) is 0 Å². The fourth-order valence-electron chi connectivity index (χ4n) is 3.43. The molecule has 3 aromatic rings. The number of benzene rings is 2. The van der Waals surface area contributed by atoms with Gasteiger partial charge in [-0.1, -0.05) is 36.4 Å². The second-order valence-electron chi connectivity index (χ2n) is 7.21. The van der Waals surface area contributed by atoms with Gasteiger partial charge in [0.05, 0.1) is 12.8 Å². The lowest BCUT2D eigenvalue weighted by Gasteiger charge is -2.20. The molecule has 2 N–H and O–H groups in total. The zero-order chi connectivity index (χ0) is 21.6. The maximum Gasteiger partial charge on any atom is 0.317 e. The first-order valence-electron chi connectivity index (χ1n) is 10.1. The number of nitrogens with one attached hydrogen (secondary N) is 2. The molecular formula is C23H24N4O3S. The summed E-state index contributed by atoms with van der Waals surface area (Å²) in [4.78, 5) is 32.6. The molecule has 0 atom stereocenters. The summed E-state index contributed by atoms with van der Waals surface area (Å²) in [5.41, 5.74) is 2.63. The topological polar surface area (TPSA) is 83.6 Å². The molecule has 2 heterocycles. The monoisotopic (exact) mass is 436 g/mol. The van der Waals surface area contributed by atoms with Crippen molar-refractivity contribution in [3.8, 4) is 5.75 Å². The molecule has 0 saturated heterocycles. The van der Waals surface area contributed by atoms with Gasteiger partial charge in [0.1, 0.15) is 5.75 Å². The van der Waals surface area contributed by atoms with E-state index in [4.69, 9.17) is 4.74 Å². The number of carbonyl (C=O) groups is 2. The molecule has 0 spiro atoms. The van der Waals surface area contributed by atoms with Crippen molar-refractivity contribution < 1.29 is 14.3 Å². The molecule has 0 unspecified atom stereocenters. The molecule has 160 valence electrons. The third-order valence-electron chi connectivity index (χ3n) is 5.10. The van der Waals surface area contributed by atoms with Crippen molar-refractivity contribution in [2.24, 2.45) is 0 Å². The number of nitrogens with zero attached hydrogens (tertiary/aromatic N) is 2. The lowest BCUT2D eigenvalue weighted by atomic mass is 10.2. The summed E-state index contributed by atoms with van der Waals surface area (Å²) in [7, 11) is 1.59. The Labute approximate surface area is 185 Å². The number of ether oxygens (including phenoxy) is 1. The summed E-state index contributed by atoms with van der Waals surface area (Å²) >= 11 is 1.40. The lowest BCUT2D eigenvalue weighted by molar-refractivity contribution is 0.102. The first kappa shape index (κ1) is 20.9. The van der Waals surface area contributed by atoms with Crippen LogP contribution in [0.15, 0.2) is 54.6 Å². The number of fused-ring (bicyclic) bond motifs is 1. The van der Waals surface area contributed by atoms with Crippen LogP contribution in [0.25, 0.3) is 0 Å². The number of hydrogen-bond donors (Lipinski definition) is 2. The number of anilines is 1. The summed E-state index contributed by atoms with van der Waals surface area (Å²) in [5, 5.41) is 6.29. The van der Waals surface area contributed by atoms with Crippen LogP contribution in [0.5, 0.6) is 5.75 Å². The van der Waals surface area contributed by atoms with Crippen molar-refractivity contribution in [2.45, 2.75) is 19.4 Å². The third kappa shape index (κ3) is 5.21. The maximum absolute atomic E-state index is 12.6. The average Bonchev–Trinajstić information content (AvgIpc) is 3.11. The van der Waals surface area contributed by atoms with Gasteiger partial charge in [0, 0.05) is 49.1 Å². The molecule has 0 fully saturated rings. The standard InChI is InChI=1S/C23H24N4O3S/c1-30-18-9-5-8-17(14-18)25-21(28)22-26-19-10-12-27(13-11-20(19)31-22)23(29)24-15-16-6-3-2-4-7-16/h2-9,14H,10-13,15H2,1H3,(H,24,29)(H,25,28). The van der Waals surface area contributed by atoms with E-state index in [1.807, 2.05) is 53.4 Å². The van der Waals surface area contributed by atoms with Gasteiger partial charge >= 0.3 is 6.03 Å². The number of amides is 3. The van der Waals surface area contributed by atoms with Gasteiger partial charge in [-0.25, -0.2) is 9.78 Å². The molecule has 1 aliphatic rings. The Kier molecular flexibility index (Phi) is 6.47. The van der Waals surface area contributed by atoms with E-state index in [2.05, 4.69) is 15.6 Å². The van der Waals surface area contributed by atoms with Crippen LogP contribution in [0.1, 0.15) is 25.9 Å². The Morgan fingerprint density at radius 1 is 1.10 bits per heavy atom. The molecule has 0 radical (unpaired) electrons. The van der Waals surface area contributed by atoms with E-state index in [0.717, 1.165) is 16.1 Å². The lowest BCUT2D eigenvalue weighted by Crippen LogP contribution is -2.41. The van der Waals surface area contributed by atoms with E-state index in [9.17, 15) is 9.59 Å². The molecule has 0 saturated carbocycles. The van der Waals surface area contributed by atoms with Gasteiger partial charge in [0.25, 0.3) is 5.91 Å². The summed E-state index contributed by atoms with van der Waals surface area (Å²) < 4.78 is 5.19. The van der Waals surface area contributed by atoms with Crippen LogP contribution in [-0.2, 0) is 19.4 Å². The molecule has 31 heavy (non-hydrogen) atoms. The summed E-state index contributed by atoms with van der Waals surface area (Å²) in [6.45, 7) is 1.69. The highest BCUT2D eigenvalue weighted by molar-refractivity contribution is 7.13. The van der Waals surface area contributed by atoms with Crippen LogP contribution >= 0.6 is 11.3 Å². The van der Waals surface area contributed by atoms with Crippen molar-refractivity contribution in [3.63, 3.8) is 0 Å². The summed E-state index contributed by atoms with van der Waals surface area (Å²) in [6.07, 6.45) is 1.33. The average molecular weight is 437 g/mol. The first-order chi connectivity index (χ1) is 15.1. The highest BCUT2D eigenvalue weighted by atomic mass is 32.1. The molecule has 8 heteroatoms. The van der Waals surface area contributed by atoms with Gasteiger partial charge < -0.3 is 20.3 Å². The van der Waals surface area contributed by atoms with Crippen LogP contribution in [0.3, 0.4) is 0 Å². The van der Waals surface area contributed by atoms with Crippen molar-refractivity contribution in [3.05, 3.63) is 75.7 Å². The maximum atomic E-state index is 12.6. The molecule has 7 nitrogen and oxygen atoms in total. The molecule has 4 rings (SSSR count). The normalized spacial score (nSPS) is 13.1. The van der Waals surface area contributed by atoms with Crippen molar-refractivity contribution in [2.75, 3.05) is 25.5 Å². The van der Waals surface area contributed by atoms with Crippen LogP contribution in [0, 0.1) is 0 Å². The van der Waals surface area contributed by atoms with E-state index in [1.54, 1.807) is 13.2 Å². The number of carbonyl (C=O) groups excluding carboxylic acids is 2. The van der Waals surface area contributed by atoms with E-state index in [-0.39, 0.29) is 11.9 Å². The molecule has 0 aliphatic carbocycles. The van der Waals surface area contributed by atoms with Crippen molar-refractivity contribution >= 4 is 29.0 Å². The largest absolute Gasteiger partial charge is 0.497 e. The highest BCUT2D eigenvalue weighted by Gasteiger charge is 2.23. The minimum absolute atomic E-state index is 0.0741. The van der Waals surface area contributed by atoms with Crippen LogP contribution in [-0.4, -0.2) is 42.0 Å². The Bertz CT molecular complexity index is 1040. The SMILES string of the molecule is COc1cccc(NC(=O)c2nc3c(s2)CCN(C(=O)NCc2ccccc2)CC3)c1. The first-order valence-corrected chi connectivity index (χ1v) is 10.9. The highest BCUT2D eigenvalue weighted by Crippen LogP contribution is 2.24. The molecule has 1 aromatic heterocycles. The number of urea groups is 1. The van der Waals surface area contributed by atoms with E-state index in [0.29, 0.717) is 48.9 Å². The summed E-state index contributed by atoms with van der Waals surface area (Å²) in [5.74, 6) is 0.446. The Balaban J connectivity index is 1.34. The minimum atomic E-state index is -0.233. The predicted molar refractivity (Wildman–Crippen MR) is 121 cm³/mol. The van der Waals surface area contributed by atoms with Gasteiger partial charge in [0.15, 0.2) is 5.01 Å². The van der Waals surface area contributed by atoms with Gasteiger partial charge in [-0.15, -0.1) is 11.3 Å².